The van der Waals surface area contributed by atoms with Crippen LogP contribution in [-0.4, -0.2) is 36.8 Å². The van der Waals surface area contributed by atoms with Crippen molar-refractivity contribution >= 4 is 31.5 Å². The lowest BCUT2D eigenvalue weighted by molar-refractivity contribution is 0.249. The second kappa shape index (κ2) is 10.7. The number of rotatable bonds is 10. The van der Waals surface area contributed by atoms with Crippen LogP contribution in [0.5, 0.6) is 17.2 Å². The number of methoxy groups -OCH3 is 1. The molecule has 1 aromatic heterocycles. The molecule has 0 aliphatic rings. The van der Waals surface area contributed by atoms with Gasteiger partial charge in [0.2, 0.25) is 0 Å². The minimum Gasteiger partial charge on any atom is -0.507 e. The molecule has 172 valence electrons. The molecule has 6 heteroatoms. The van der Waals surface area contributed by atoms with Gasteiger partial charge in [0.25, 0.3) is 0 Å². The van der Waals surface area contributed by atoms with Crippen molar-refractivity contribution in [2.45, 2.75) is 26.3 Å². The van der Waals surface area contributed by atoms with Gasteiger partial charge in [0, 0.05) is 33.0 Å². The Morgan fingerprint density at radius 2 is 1.79 bits per heavy atom. The van der Waals surface area contributed by atoms with Crippen LogP contribution in [0.4, 0.5) is 0 Å². The summed E-state index contributed by atoms with van der Waals surface area (Å²) < 4.78 is 13.0. The predicted molar refractivity (Wildman–Crippen MR) is 136 cm³/mol. The van der Waals surface area contributed by atoms with E-state index >= 15 is 0 Å². The highest BCUT2D eigenvalue weighted by atomic mass is 32.1. The van der Waals surface area contributed by atoms with Gasteiger partial charge in [-0.3, -0.25) is 9.69 Å². The third-order valence-corrected chi connectivity index (χ3v) is 6.92. The third kappa shape index (κ3) is 5.29. The van der Waals surface area contributed by atoms with Crippen LogP contribution in [0.2, 0.25) is 0 Å². The number of fused-ring (bicyclic) bond motifs is 2. The lowest BCUT2D eigenvalue weighted by Crippen LogP contribution is -2.24. The molecule has 0 radical (unpaired) electrons. The van der Waals surface area contributed by atoms with Crippen LogP contribution >= 0.6 is 11.3 Å². The predicted octanol–water partition coefficient (Wildman–Crippen LogP) is 5.81. The van der Waals surface area contributed by atoms with Crippen molar-refractivity contribution in [2.75, 3.05) is 26.8 Å². The first-order chi connectivity index (χ1) is 16.1. The van der Waals surface area contributed by atoms with E-state index in [2.05, 4.69) is 17.9 Å². The number of aromatic hydroxyl groups is 1. The smallest absolute Gasteiger partial charge is 0.199 e. The maximum Gasteiger partial charge on any atom is 0.199 e. The molecule has 0 aliphatic carbocycles. The molecule has 0 aliphatic heterocycles. The summed E-state index contributed by atoms with van der Waals surface area (Å²) >= 11 is 1.49. The van der Waals surface area contributed by atoms with Crippen LogP contribution in [0, 0.1) is 0 Å². The van der Waals surface area contributed by atoms with Crippen LogP contribution in [0.3, 0.4) is 0 Å². The van der Waals surface area contributed by atoms with Crippen molar-refractivity contribution in [1.29, 1.82) is 0 Å². The van der Waals surface area contributed by atoms with Gasteiger partial charge in [-0.2, -0.15) is 0 Å². The average molecular weight is 464 g/mol. The minimum atomic E-state index is -0.141. The van der Waals surface area contributed by atoms with E-state index < -0.39 is 0 Å². The van der Waals surface area contributed by atoms with Crippen molar-refractivity contribution < 1.29 is 14.6 Å². The zero-order chi connectivity index (χ0) is 23.2. The van der Waals surface area contributed by atoms with Crippen LogP contribution < -0.4 is 14.9 Å². The quantitative estimate of drug-likeness (QED) is 0.238. The van der Waals surface area contributed by atoms with Gasteiger partial charge in [-0.25, -0.2) is 0 Å². The molecular weight excluding hydrogens is 434 g/mol. The van der Waals surface area contributed by atoms with Crippen LogP contribution in [0.15, 0.2) is 65.5 Å². The van der Waals surface area contributed by atoms with Crippen molar-refractivity contribution in [3.05, 3.63) is 76.5 Å². The Morgan fingerprint density at radius 1 is 1.00 bits per heavy atom. The van der Waals surface area contributed by atoms with E-state index in [1.165, 1.54) is 16.9 Å². The molecule has 4 aromatic rings. The standard InChI is InChI=1S/C27H29NO4S/c1-3-28(18-19-10-4-6-12-23(19)31-2)14-8-9-15-32-20-16-22(29)26-25(17-20)33-24-13-7-5-11-21(24)27(26)30/h4-7,10-13,16-17,29H,3,8-9,14-15,18H2,1-2H3. The summed E-state index contributed by atoms with van der Waals surface area (Å²) in [5.74, 6) is 1.49. The number of para-hydroxylation sites is 1. The van der Waals surface area contributed by atoms with Gasteiger partial charge in [-0.05, 0) is 50.2 Å². The molecule has 1 heterocycles. The molecule has 1 N–H and O–H groups in total. The van der Waals surface area contributed by atoms with Gasteiger partial charge < -0.3 is 14.6 Å². The largest absolute Gasteiger partial charge is 0.507 e. The normalized spacial score (nSPS) is 11.4. The lowest BCUT2D eigenvalue weighted by Gasteiger charge is -2.21. The number of nitrogens with zero attached hydrogens (tertiary/aromatic N) is 1. The minimum absolute atomic E-state index is 0.0246. The summed E-state index contributed by atoms with van der Waals surface area (Å²) in [5, 5.41) is 11.5. The summed E-state index contributed by atoms with van der Waals surface area (Å²) in [4.78, 5) is 15.2. The highest BCUT2D eigenvalue weighted by molar-refractivity contribution is 7.24. The summed E-state index contributed by atoms with van der Waals surface area (Å²) in [5.41, 5.74) is 1.05. The lowest BCUT2D eigenvalue weighted by atomic mass is 10.1. The molecule has 0 unspecified atom stereocenters. The Bertz CT molecular complexity index is 1300. The number of unbranched alkanes of at least 4 members (excludes halogenated alkanes) is 1. The Hall–Kier alpha value is -3.09. The second-order valence-corrected chi connectivity index (χ2v) is 9.06. The molecule has 4 rings (SSSR count). The fraction of sp³-hybridized carbons (Fsp3) is 0.296. The Kier molecular flexibility index (Phi) is 7.47. The van der Waals surface area contributed by atoms with E-state index in [-0.39, 0.29) is 11.2 Å². The summed E-state index contributed by atoms with van der Waals surface area (Å²) in [6, 6.07) is 19.0. The van der Waals surface area contributed by atoms with Gasteiger partial charge in [0.05, 0.1) is 19.1 Å². The Morgan fingerprint density at radius 3 is 2.61 bits per heavy atom. The topological polar surface area (TPSA) is 59.0 Å². The average Bonchev–Trinajstić information content (AvgIpc) is 2.83. The third-order valence-electron chi connectivity index (χ3n) is 5.80. The van der Waals surface area contributed by atoms with Crippen LogP contribution in [-0.2, 0) is 6.54 Å². The number of ether oxygens (including phenoxy) is 2. The Balaban J connectivity index is 1.35. The van der Waals surface area contributed by atoms with Gasteiger partial charge in [0.1, 0.15) is 17.2 Å². The first-order valence-corrected chi connectivity index (χ1v) is 12.1. The van der Waals surface area contributed by atoms with Gasteiger partial charge in [-0.15, -0.1) is 11.3 Å². The van der Waals surface area contributed by atoms with E-state index in [0.29, 0.717) is 23.1 Å². The van der Waals surface area contributed by atoms with Gasteiger partial charge in [0.15, 0.2) is 5.43 Å². The number of phenolic OH excluding ortho intramolecular Hbond substituents is 1. The van der Waals surface area contributed by atoms with E-state index in [4.69, 9.17) is 9.47 Å². The number of hydrogen-bond donors (Lipinski definition) is 1. The fourth-order valence-electron chi connectivity index (χ4n) is 4.02. The van der Waals surface area contributed by atoms with Crippen molar-refractivity contribution in [2.24, 2.45) is 0 Å². The number of hydrogen-bond acceptors (Lipinski definition) is 6. The van der Waals surface area contributed by atoms with Gasteiger partial charge in [-0.1, -0.05) is 37.3 Å². The fourth-order valence-corrected chi connectivity index (χ4v) is 5.14. The monoisotopic (exact) mass is 463 g/mol. The summed E-state index contributed by atoms with van der Waals surface area (Å²) in [6.07, 6.45) is 1.90. The number of benzene rings is 3. The molecule has 5 nitrogen and oxygen atoms in total. The summed E-state index contributed by atoms with van der Waals surface area (Å²) in [7, 11) is 1.71. The van der Waals surface area contributed by atoms with E-state index in [9.17, 15) is 9.90 Å². The number of phenols is 1. The van der Waals surface area contributed by atoms with Crippen LogP contribution in [0.1, 0.15) is 25.3 Å². The van der Waals surface area contributed by atoms with Crippen molar-refractivity contribution in [3.8, 4) is 17.2 Å². The Labute approximate surface area is 197 Å². The first-order valence-electron chi connectivity index (χ1n) is 11.3. The molecule has 0 fully saturated rings. The van der Waals surface area contributed by atoms with Crippen LogP contribution in [0.25, 0.3) is 20.2 Å². The molecular formula is C27H29NO4S. The second-order valence-electron chi connectivity index (χ2n) is 7.98. The van der Waals surface area contributed by atoms with E-state index in [1.807, 2.05) is 42.5 Å². The zero-order valence-corrected chi connectivity index (χ0v) is 19.9. The van der Waals surface area contributed by atoms with E-state index in [0.717, 1.165) is 47.6 Å². The molecule has 3 aromatic carbocycles. The highest BCUT2D eigenvalue weighted by Gasteiger charge is 2.12. The first kappa shape index (κ1) is 23.1. The SMILES string of the molecule is CCN(CCCCOc1cc(O)c2c(=O)c3ccccc3sc2c1)Cc1ccccc1OC. The maximum atomic E-state index is 12.8. The van der Waals surface area contributed by atoms with Crippen molar-refractivity contribution in [1.82, 2.24) is 4.90 Å². The summed E-state index contributed by atoms with van der Waals surface area (Å²) in [6.45, 7) is 5.50. The van der Waals surface area contributed by atoms with Gasteiger partial charge >= 0.3 is 0 Å². The molecule has 0 amide bonds. The molecule has 0 atom stereocenters. The molecule has 33 heavy (non-hydrogen) atoms. The molecule has 0 saturated heterocycles. The highest BCUT2D eigenvalue weighted by Crippen LogP contribution is 2.33. The van der Waals surface area contributed by atoms with Crippen molar-refractivity contribution in [3.63, 3.8) is 0 Å². The molecule has 0 saturated carbocycles. The molecule has 0 bridgehead atoms. The molecule has 0 spiro atoms. The van der Waals surface area contributed by atoms with E-state index in [1.54, 1.807) is 19.2 Å². The maximum absolute atomic E-state index is 12.8. The zero-order valence-electron chi connectivity index (χ0n) is 19.0.